The van der Waals surface area contributed by atoms with Crippen LogP contribution in [0, 0.1) is 0 Å². The van der Waals surface area contributed by atoms with Gasteiger partial charge in [-0.25, -0.2) is 0 Å². The topological polar surface area (TPSA) is 76.4 Å². The van der Waals surface area contributed by atoms with Gasteiger partial charge in [-0.1, -0.05) is 42.5 Å². The molecule has 0 atom stereocenters. The summed E-state index contributed by atoms with van der Waals surface area (Å²) in [6.07, 6.45) is 0. The molecular weight excluding hydrogens is 374 g/mol. The molecule has 0 saturated heterocycles. The van der Waals surface area contributed by atoms with Crippen LogP contribution in [-0.2, 0) is 10.3 Å². The first-order valence-electron chi connectivity index (χ1n) is 9.83. The Balaban J connectivity index is 1.86. The fourth-order valence-corrected chi connectivity index (χ4v) is 3.55. The van der Waals surface area contributed by atoms with Crippen LogP contribution in [0.2, 0.25) is 0 Å². The molecule has 1 aliphatic rings. The van der Waals surface area contributed by atoms with E-state index in [0.717, 1.165) is 33.8 Å². The minimum absolute atomic E-state index is 0.153. The number of hydrogen-bond donors (Lipinski definition) is 3. The van der Waals surface area contributed by atoms with Gasteiger partial charge in [-0.05, 0) is 49.2 Å². The van der Waals surface area contributed by atoms with Crippen molar-refractivity contribution < 1.29 is 9.53 Å². The predicted octanol–water partition coefficient (Wildman–Crippen LogP) is 4.82. The number of carbonyl (C=O) groups excluding carboxylic acids is 1. The van der Waals surface area contributed by atoms with Gasteiger partial charge < -0.3 is 21.1 Å². The van der Waals surface area contributed by atoms with Crippen molar-refractivity contribution in [2.24, 2.45) is 5.73 Å². The average Bonchev–Trinajstić information content (AvgIpc) is 3.07. The first-order chi connectivity index (χ1) is 14.4. The molecule has 30 heavy (non-hydrogen) atoms. The normalized spacial score (nSPS) is 14.7. The molecule has 152 valence electrons. The number of benzene rings is 3. The fraction of sp³-hybridized carbons (Fsp3) is 0.160. The van der Waals surface area contributed by atoms with Crippen molar-refractivity contribution in [2.45, 2.75) is 19.4 Å². The summed E-state index contributed by atoms with van der Waals surface area (Å²) < 4.78 is 5.30. The van der Waals surface area contributed by atoms with Gasteiger partial charge >= 0.3 is 0 Å². The Kier molecular flexibility index (Phi) is 5.06. The van der Waals surface area contributed by atoms with E-state index in [9.17, 15) is 4.79 Å². The number of amides is 1. The zero-order valence-electron chi connectivity index (χ0n) is 17.3. The highest BCUT2D eigenvalue weighted by molar-refractivity contribution is 6.37. The Labute approximate surface area is 176 Å². The van der Waals surface area contributed by atoms with E-state index in [2.05, 4.69) is 10.6 Å². The molecule has 1 aliphatic heterocycles. The molecule has 0 aliphatic carbocycles. The second kappa shape index (κ2) is 7.69. The Morgan fingerprint density at radius 3 is 2.47 bits per heavy atom. The van der Waals surface area contributed by atoms with Crippen molar-refractivity contribution in [1.29, 1.82) is 0 Å². The van der Waals surface area contributed by atoms with Gasteiger partial charge in [0.1, 0.15) is 5.75 Å². The van der Waals surface area contributed by atoms with E-state index in [1.54, 1.807) is 7.11 Å². The summed E-state index contributed by atoms with van der Waals surface area (Å²) in [5.41, 5.74) is 11.5. The zero-order chi connectivity index (χ0) is 21.3. The summed E-state index contributed by atoms with van der Waals surface area (Å²) in [6.45, 7) is 3.94. The third-order valence-corrected chi connectivity index (χ3v) is 5.16. The zero-order valence-corrected chi connectivity index (χ0v) is 17.3. The van der Waals surface area contributed by atoms with Crippen molar-refractivity contribution in [1.82, 2.24) is 0 Å². The van der Waals surface area contributed by atoms with Gasteiger partial charge in [0.05, 0.1) is 24.1 Å². The number of fused-ring (bicyclic) bond motifs is 1. The number of rotatable bonds is 5. The number of nitrogens with two attached hydrogens (primary N) is 1. The van der Waals surface area contributed by atoms with Gasteiger partial charge in [-0.2, -0.15) is 0 Å². The number of methoxy groups -OCH3 is 1. The Hall–Kier alpha value is -3.57. The lowest BCUT2D eigenvalue weighted by Crippen LogP contribution is -2.28. The molecule has 5 heteroatoms. The molecular formula is C25H25N3O2. The SMILES string of the molecule is COc1ccc2c(c1)NC(=O)/C2=C(/Nc1cccc(C(C)(C)N)c1)c1ccccc1. The highest BCUT2D eigenvalue weighted by Crippen LogP contribution is 2.39. The largest absolute Gasteiger partial charge is 0.497 e. The van der Waals surface area contributed by atoms with Gasteiger partial charge in [0, 0.05) is 22.9 Å². The van der Waals surface area contributed by atoms with E-state index in [1.807, 2.05) is 86.6 Å². The van der Waals surface area contributed by atoms with Crippen LogP contribution < -0.4 is 21.1 Å². The molecule has 3 aromatic carbocycles. The van der Waals surface area contributed by atoms with E-state index in [1.165, 1.54) is 0 Å². The molecule has 0 radical (unpaired) electrons. The van der Waals surface area contributed by atoms with Crippen molar-refractivity contribution in [3.05, 3.63) is 89.5 Å². The van der Waals surface area contributed by atoms with Gasteiger partial charge in [0.25, 0.3) is 5.91 Å². The molecule has 5 nitrogen and oxygen atoms in total. The molecule has 4 N–H and O–H groups in total. The number of hydrogen-bond acceptors (Lipinski definition) is 4. The molecule has 0 aromatic heterocycles. The number of carbonyl (C=O) groups is 1. The lowest BCUT2D eigenvalue weighted by atomic mass is 9.95. The number of anilines is 2. The van der Waals surface area contributed by atoms with Gasteiger partial charge in [-0.3, -0.25) is 4.79 Å². The lowest BCUT2D eigenvalue weighted by Gasteiger charge is -2.21. The monoisotopic (exact) mass is 399 g/mol. The number of nitrogens with one attached hydrogen (secondary N) is 2. The van der Waals surface area contributed by atoms with Crippen LogP contribution in [0.25, 0.3) is 11.3 Å². The molecule has 1 amide bonds. The molecule has 0 spiro atoms. The van der Waals surface area contributed by atoms with E-state index < -0.39 is 5.54 Å². The van der Waals surface area contributed by atoms with Crippen LogP contribution in [0.4, 0.5) is 11.4 Å². The summed E-state index contributed by atoms with van der Waals surface area (Å²) in [4.78, 5) is 13.0. The van der Waals surface area contributed by atoms with Crippen molar-refractivity contribution in [3.8, 4) is 5.75 Å². The molecule has 0 fully saturated rings. The van der Waals surface area contributed by atoms with Crippen LogP contribution >= 0.6 is 0 Å². The highest BCUT2D eigenvalue weighted by Gasteiger charge is 2.29. The molecule has 4 rings (SSSR count). The van der Waals surface area contributed by atoms with Crippen LogP contribution in [0.15, 0.2) is 72.8 Å². The van der Waals surface area contributed by atoms with Gasteiger partial charge in [0.15, 0.2) is 0 Å². The Bertz CT molecular complexity index is 1130. The smallest absolute Gasteiger partial charge is 0.258 e. The highest BCUT2D eigenvalue weighted by atomic mass is 16.5. The second-order valence-electron chi connectivity index (χ2n) is 7.91. The van der Waals surface area contributed by atoms with Gasteiger partial charge in [0.2, 0.25) is 0 Å². The summed E-state index contributed by atoms with van der Waals surface area (Å²) in [5, 5.41) is 6.44. The first kappa shape index (κ1) is 19.7. The quantitative estimate of drug-likeness (QED) is 0.538. The third kappa shape index (κ3) is 3.80. The van der Waals surface area contributed by atoms with E-state index in [0.29, 0.717) is 11.3 Å². The summed E-state index contributed by atoms with van der Waals surface area (Å²) in [6, 6.07) is 23.4. The van der Waals surface area contributed by atoms with Crippen molar-refractivity contribution in [3.63, 3.8) is 0 Å². The lowest BCUT2D eigenvalue weighted by molar-refractivity contribution is -0.110. The molecule has 0 bridgehead atoms. The third-order valence-electron chi connectivity index (χ3n) is 5.16. The minimum atomic E-state index is -0.467. The van der Waals surface area contributed by atoms with E-state index in [4.69, 9.17) is 10.5 Å². The molecule has 3 aromatic rings. The van der Waals surface area contributed by atoms with Crippen LogP contribution in [0.5, 0.6) is 5.75 Å². The molecule has 0 unspecified atom stereocenters. The number of ether oxygens (including phenoxy) is 1. The van der Waals surface area contributed by atoms with Crippen LogP contribution in [0.3, 0.4) is 0 Å². The Morgan fingerprint density at radius 1 is 1.00 bits per heavy atom. The molecule has 1 heterocycles. The maximum Gasteiger partial charge on any atom is 0.258 e. The second-order valence-corrected chi connectivity index (χ2v) is 7.91. The van der Waals surface area contributed by atoms with E-state index in [-0.39, 0.29) is 5.91 Å². The predicted molar refractivity (Wildman–Crippen MR) is 122 cm³/mol. The Morgan fingerprint density at radius 2 is 1.77 bits per heavy atom. The maximum absolute atomic E-state index is 13.0. The average molecular weight is 399 g/mol. The molecule has 0 saturated carbocycles. The van der Waals surface area contributed by atoms with Gasteiger partial charge in [-0.15, -0.1) is 0 Å². The van der Waals surface area contributed by atoms with Crippen molar-refractivity contribution >= 4 is 28.6 Å². The fourth-order valence-electron chi connectivity index (χ4n) is 3.55. The van der Waals surface area contributed by atoms with E-state index >= 15 is 0 Å². The van der Waals surface area contributed by atoms with Crippen LogP contribution in [-0.4, -0.2) is 13.0 Å². The summed E-state index contributed by atoms with van der Waals surface area (Å²) in [5.74, 6) is 0.544. The van der Waals surface area contributed by atoms with Crippen LogP contribution in [0.1, 0.15) is 30.5 Å². The summed E-state index contributed by atoms with van der Waals surface area (Å²) in [7, 11) is 1.61. The van der Waals surface area contributed by atoms with Crippen molar-refractivity contribution in [2.75, 3.05) is 17.7 Å². The summed E-state index contributed by atoms with van der Waals surface area (Å²) >= 11 is 0. The standard InChI is InChI=1S/C25H25N3O2/c1-25(2,26)17-10-7-11-18(14-17)27-23(16-8-5-4-6-9-16)22-20-13-12-19(30-3)15-21(20)28-24(22)29/h4-15,27H,26H2,1-3H3,(H,28,29)/b23-22+. The maximum atomic E-state index is 13.0. The minimum Gasteiger partial charge on any atom is -0.497 e. The first-order valence-corrected chi connectivity index (χ1v) is 9.83.